The molecular formula is C50H32N2S. The van der Waals surface area contributed by atoms with Gasteiger partial charge in [-0.25, -0.2) is 0 Å². The van der Waals surface area contributed by atoms with Crippen LogP contribution >= 0.6 is 11.3 Å². The molecule has 11 aromatic rings. The number of anilines is 3. The van der Waals surface area contributed by atoms with Crippen molar-refractivity contribution in [1.29, 1.82) is 0 Å². The van der Waals surface area contributed by atoms with Gasteiger partial charge in [-0.3, -0.25) is 0 Å². The van der Waals surface area contributed by atoms with Crippen molar-refractivity contribution < 1.29 is 0 Å². The summed E-state index contributed by atoms with van der Waals surface area (Å²) in [5, 5.41) is 10.1. The minimum atomic E-state index is 1.12. The lowest BCUT2D eigenvalue weighted by molar-refractivity contribution is 1.19. The molecule has 9 aromatic carbocycles. The van der Waals surface area contributed by atoms with E-state index in [0.717, 1.165) is 22.7 Å². The topological polar surface area (TPSA) is 8.17 Å². The van der Waals surface area contributed by atoms with Crippen molar-refractivity contribution in [3.8, 4) is 16.8 Å². The van der Waals surface area contributed by atoms with Crippen LogP contribution in [0.2, 0.25) is 0 Å². The number of hydrogen-bond acceptors (Lipinski definition) is 2. The first kappa shape index (κ1) is 30.0. The van der Waals surface area contributed by atoms with E-state index in [9.17, 15) is 0 Å². The second-order valence-corrected chi connectivity index (χ2v) is 14.9. The molecule has 0 bridgehead atoms. The van der Waals surface area contributed by atoms with Gasteiger partial charge in [0.2, 0.25) is 0 Å². The quantitative estimate of drug-likeness (QED) is 0.174. The first-order valence-electron chi connectivity index (χ1n) is 18.1. The molecule has 0 spiro atoms. The Kier molecular flexibility index (Phi) is 6.76. The van der Waals surface area contributed by atoms with Gasteiger partial charge in [0.05, 0.1) is 11.0 Å². The third kappa shape index (κ3) is 4.86. The number of thiophene rings is 1. The average Bonchev–Trinajstić information content (AvgIpc) is 3.77. The highest BCUT2D eigenvalue weighted by Crippen LogP contribution is 2.42. The van der Waals surface area contributed by atoms with Crippen molar-refractivity contribution in [3.05, 3.63) is 194 Å². The first-order chi connectivity index (χ1) is 26.3. The standard InChI is InChI=1S/C50H32N2S/c1-2-11-37-31-40(27-21-33(37)9-1)51(41-28-30-49-46(32-41)44-14-6-8-16-48(44)53-49)38-23-17-34(18-24-38)35-19-25-39(26-20-35)52-47-15-7-5-13-43(47)45-29-22-36-10-3-4-12-42(36)50(45)52/h1-32H. The normalized spacial score (nSPS) is 11.8. The molecule has 0 radical (unpaired) electrons. The second-order valence-electron chi connectivity index (χ2n) is 13.8. The number of fused-ring (bicyclic) bond motifs is 9. The van der Waals surface area contributed by atoms with Crippen LogP contribution in [0.15, 0.2) is 194 Å². The summed E-state index contributed by atoms with van der Waals surface area (Å²) in [4.78, 5) is 2.39. The van der Waals surface area contributed by atoms with Crippen LogP contribution in [-0.2, 0) is 0 Å². The summed E-state index contributed by atoms with van der Waals surface area (Å²) in [5.41, 5.74) is 9.41. The Bertz CT molecular complexity index is 3170. The number of benzene rings is 9. The zero-order valence-corrected chi connectivity index (χ0v) is 29.6. The maximum Gasteiger partial charge on any atom is 0.0619 e. The second kappa shape index (κ2) is 11.9. The van der Waals surface area contributed by atoms with E-state index in [4.69, 9.17) is 0 Å². The van der Waals surface area contributed by atoms with Crippen LogP contribution in [0.1, 0.15) is 0 Å². The zero-order valence-electron chi connectivity index (χ0n) is 28.8. The van der Waals surface area contributed by atoms with E-state index in [2.05, 4.69) is 204 Å². The van der Waals surface area contributed by atoms with Crippen molar-refractivity contribution in [1.82, 2.24) is 4.57 Å². The van der Waals surface area contributed by atoms with Crippen molar-refractivity contribution in [2.75, 3.05) is 4.90 Å². The molecule has 3 heteroatoms. The van der Waals surface area contributed by atoms with Gasteiger partial charge in [-0.05, 0) is 94.0 Å². The van der Waals surface area contributed by atoms with Gasteiger partial charge < -0.3 is 9.47 Å². The van der Waals surface area contributed by atoms with Gasteiger partial charge >= 0.3 is 0 Å². The van der Waals surface area contributed by atoms with Crippen LogP contribution in [0, 0.1) is 0 Å². The Balaban J connectivity index is 1.00. The molecule has 0 unspecified atom stereocenters. The predicted octanol–water partition coefficient (Wildman–Crippen LogP) is 14.6. The fourth-order valence-electron chi connectivity index (χ4n) is 8.22. The minimum Gasteiger partial charge on any atom is -0.310 e. The van der Waals surface area contributed by atoms with Crippen LogP contribution in [0.4, 0.5) is 17.1 Å². The summed E-state index contributed by atoms with van der Waals surface area (Å²) in [6, 6.07) is 71.0. The van der Waals surface area contributed by atoms with Gasteiger partial charge in [-0.2, -0.15) is 0 Å². The van der Waals surface area contributed by atoms with E-state index in [0.29, 0.717) is 0 Å². The fourth-order valence-corrected chi connectivity index (χ4v) is 9.31. The summed E-state index contributed by atoms with van der Waals surface area (Å²) in [6.07, 6.45) is 0. The SMILES string of the molecule is c1ccc2cc(N(c3ccc(-c4ccc(-n5c6ccccc6c6ccc7ccccc7c65)cc4)cc3)c3ccc4sc5ccccc5c4c3)ccc2c1. The van der Waals surface area contributed by atoms with Gasteiger partial charge in [0.15, 0.2) is 0 Å². The van der Waals surface area contributed by atoms with E-state index in [1.54, 1.807) is 0 Å². The predicted molar refractivity (Wildman–Crippen MR) is 229 cm³/mol. The summed E-state index contributed by atoms with van der Waals surface area (Å²) >= 11 is 1.86. The lowest BCUT2D eigenvalue weighted by Crippen LogP contribution is -2.09. The summed E-state index contributed by atoms with van der Waals surface area (Å²) in [7, 11) is 0. The Labute approximate surface area is 311 Å². The molecule has 0 aliphatic carbocycles. The van der Waals surface area contributed by atoms with E-state index >= 15 is 0 Å². The van der Waals surface area contributed by atoms with Gasteiger partial charge in [0, 0.05) is 59.1 Å². The molecule has 0 saturated heterocycles. The molecule has 0 saturated carbocycles. The maximum atomic E-state index is 2.43. The number of rotatable bonds is 5. The largest absolute Gasteiger partial charge is 0.310 e. The van der Waals surface area contributed by atoms with Crippen LogP contribution in [0.5, 0.6) is 0 Å². The molecule has 0 atom stereocenters. The van der Waals surface area contributed by atoms with Crippen LogP contribution in [0.3, 0.4) is 0 Å². The van der Waals surface area contributed by atoms with Crippen molar-refractivity contribution in [3.63, 3.8) is 0 Å². The number of hydrogen-bond donors (Lipinski definition) is 0. The van der Waals surface area contributed by atoms with Gasteiger partial charge in [0.25, 0.3) is 0 Å². The highest BCUT2D eigenvalue weighted by atomic mass is 32.1. The highest BCUT2D eigenvalue weighted by Gasteiger charge is 2.17. The van der Waals surface area contributed by atoms with Gasteiger partial charge in [0.1, 0.15) is 0 Å². The molecule has 2 nitrogen and oxygen atoms in total. The number of para-hydroxylation sites is 1. The summed E-state index contributed by atoms with van der Waals surface area (Å²) in [5.74, 6) is 0. The molecule has 0 fully saturated rings. The lowest BCUT2D eigenvalue weighted by atomic mass is 10.0. The molecule has 0 N–H and O–H groups in total. The van der Waals surface area contributed by atoms with Gasteiger partial charge in [-0.15, -0.1) is 11.3 Å². The van der Waals surface area contributed by atoms with Crippen molar-refractivity contribution in [2.45, 2.75) is 0 Å². The third-order valence-electron chi connectivity index (χ3n) is 10.8. The van der Waals surface area contributed by atoms with Crippen molar-refractivity contribution >= 4 is 91.9 Å². The molecule has 0 aliphatic heterocycles. The van der Waals surface area contributed by atoms with E-state index < -0.39 is 0 Å². The Hall–Kier alpha value is -6.68. The summed E-state index contributed by atoms with van der Waals surface area (Å²) < 4.78 is 5.05. The van der Waals surface area contributed by atoms with Gasteiger partial charge in [-0.1, -0.05) is 127 Å². The number of aromatic nitrogens is 1. The Morgan fingerprint density at radius 3 is 1.77 bits per heavy atom. The molecule has 0 aliphatic rings. The molecule has 248 valence electrons. The molecule has 0 amide bonds. The third-order valence-corrected chi connectivity index (χ3v) is 11.9. The van der Waals surface area contributed by atoms with Crippen LogP contribution < -0.4 is 4.90 Å². The molecular weight excluding hydrogens is 661 g/mol. The first-order valence-corrected chi connectivity index (χ1v) is 18.9. The lowest BCUT2D eigenvalue weighted by Gasteiger charge is -2.26. The fraction of sp³-hybridized carbons (Fsp3) is 0. The molecule has 2 aromatic heterocycles. The maximum absolute atomic E-state index is 2.43. The molecule has 53 heavy (non-hydrogen) atoms. The van der Waals surface area contributed by atoms with Crippen LogP contribution in [0.25, 0.3) is 80.3 Å². The minimum absolute atomic E-state index is 1.12. The Morgan fingerprint density at radius 1 is 0.358 bits per heavy atom. The molecule has 11 rings (SSSR count). The van der Waals surface area contributed by atoms with E-state index in [-0.39, 0.29) is 0 Å². The van der Waals surface area contributed by atoms with E-state index in [1.165, 1.54) is 74.6 Å². The zero-order chi connectivity index (χ0) is 34.9. The highest BCUT2D eigenvalue weighted by molar-refractivity contribution is 7.25. The van der Waals surface area contributed by atoms with Crippen LogP contribution in [-0.4, -0.2) is 4.57 Å². The number of nitrogens with zero attached hydrogens (tertiary/aromatic N) is 2. The van der Waals surface area contributed by atoms with E-state index in [1.807, 2.05) is 11.3 Å². The monoisotopic (exact) mass is 692 g/mol. The Morgan fingerprint density at radius 2 is 0.943 bits per heavy atom. The average molecular weight is 693 g/mol. The van der Waals surface area contributed by atoms with Crippen molar-refractivity contribution in [2.24, 2.45) is 0 Å². The smallest absolute Gasteiger partial charge is 0.0619 e. The summed E-state index contributed by atoms with van der Waals surface area (Å²) in [6.45, 7) is 0. The molecule has 2 heterocycles.